The van der Waals surface area contributed by atoms with Crippen molar-refractivity contribution in [1.82, 2.24) is 5.32 Å². The van der Waals surface area contributed by atoms with Gasteiger partial charge in [0.1, 0.15) is 5.75 Å². The maximum atomic E-state index is 5.85. The first-order valence-electron chi connectivity index (χ1n) is 5.84. The standard InChI is InChI=1S/C13H18BrNO/c1-9(15-2)12-7-6-11(8-13(12)14)16-10-4-3-5-10/h6-10,15H,3-5H2,1-2H3. The molecule has 88 valence electrons. The van der Waals surface area contributed by atoms with Crippen molar-refractivity contribution in [3.63, 3.8) is 0 Å². The smallest absolute Gasteiger partial charge is 0.120 e. The Balaban J connectivity index is 2.08. The Morgan fingerprint density at radius 2 is 2.19 bits per heavy atom. The number of ether oxygens (including phenoxy) is 1. The number of halogens is 1. The first-order valence-corrected chi connectivity index (χ1v) is 6.63. The number of rotatable bonds is 4. The highest BCUT2D eigenvalue weighted by Gasteiger charge is 2.19. The van der Waals surface area contributed by atoms with Crippen molar-refractivity contribution in [2.75, 3.05) is 7.05 Å². The van der Waals surface area contributed by atoms with Crippen LogP contribution in [0.4, 0.5) is 0 Å². The predicted octanol–water partition coefficient (Wildman–Crippen LogP) is 3.66. The van der Waals surface area contributed by atoms with E-state index in [2.05, 4.69) is 46.4 Å². The van der Waals surface area contributed by atoms with Crippen LogP contribution < -0.4 is 10.1 Å². The van der Waals surface area contributed by atoms with E-state index in [1.165, 1.54) is 24.8 Å². The maximum Gasteiger partial charge on any atom is 0.120 e. The topological polar surface area (TPSA) is 21.3 Å². The van der Waals surface area contributed by atoms with Gasteiger partial charge in [-0.2, -0.15) is 0 Å². The molecule has 0 aromatic heterocycles. The molecule has 16 heavy (non-hydrogen) atoms. The van der Waals surface area contributed by atoms with E-state index < -0.39 is 0 Å². The predicted molar refractivity (Wildman–Crippen MR) is 69.9 cm³/mol. The van der Waals surface area contributed by atoms with Gasteiger partial charge in [-0.05, 0) is 50.9 Å². The number of nitrogens with one attached hydrogen (secondary N) is 1. The summed E-state index contributed by atoms with van der Waals surface area (Å²) >= 11 is 3.60. The zero-order chi connectivity index (χ0) is 11.5. The summed E-state index contributed by atoms with van der Waals surface area (Å²) in [5.74, 6) is 0.976. The van der Waals surface area contributed by atoms with E-state index in [0.717, 1.165) is 10.2 Å². The van der Waals surface area contributed by atoms with Gasteiger partial charge in [0, 0.05) is 10.5 Å². The Kier molecular flexibility index (Phi) is 3.87. The minimum absolute atomic E-state index is 0.354. The van der Waals surface area contributed by atoms with Crippen molar-refractivity contribution in [2.24, 2.45) is 0 Å². The van der Waals surface area contributed by atoms with Gasteiger partial charge in [-0.1, -0.05) is 22.0 Å². The zero-order valence-corrected chi connectivity index (χ0v) is 11.4. The van der Waals surface area contributed by atoms with Crippen LogP contribution in [0.15, 0.2) is 22.7 Å². The van der Waals surface area contributed by atoms with Gasteiger partial charge < -0.3 is 10.1 Å². The third-order valence-corrected chi connectivity index (χ3v) is 3.91. The second-order valence-electron chi connectivity index (χ2n) is 4.36. The van der Waals surface area contributed by atoms with Gasteiger partial charge in [0.05, 0.1) is 6.10 Å². The minimum atomic E-state index is 0.354. The van der Waals surface area contributed by atoms with Crippen molar-refractivity contribution < 1.29 is 4.74 Å². The van der Waals surface area contributed by atoms with Gasteiger partial charge in [-0.25, -0.2) is 0 Å². The highest BCUT2D eigenvalue weighted by atomic mass is 79.9. The molecule has 0 aliphatic heterocycles. The molecule has 1 saturated carbocycles. The number of hydrogen-bond donors (Lipinski definition) is 1. The molecule has 1 atom stereocenters. The van der Waals surface area contributed by atoms with Crippen LogP contribution in [0.2, 0.25) is 0 Å². The fraction of sp³-hybridized carbons (Fsp3) is 0.538. The molecule has 1 N–H and O–H groups in total. The van der Waals surface area contributed by atoms with E-state index in [9.17, 15) is 0 Å². The van der Waals surface area contributed by atoms with Gasteiger partial charge in [0.25, 0.3) is 0 Å². The summed E-state index contributed by atoms with van der Waals surface area (Å²) in [6.07, 6.45) is 4.15. The van der Waals surface area contributed by atoms with Crippen LogP contribution in [0.3, 0.4) is 0 Å². The molecule has 2 nitrogen and oxygen atoms in total. The summed E-state index contributed by atoms with van der Waals surface area (Å²) in [7, 11) is 1.97. The molecule has 0 spiro atoms. The van der Waals surface area contributed by atoms with Crippen molar-refractivity contribution >= 4 is 15.9 Å². The van der Waals surface area contributed by atoms with Crippen molar-refractivity contribution in [2.45, 2.75) is 38.3 Å². The Morgan fingerprint density at radius 3 is 2.69 bits per heavy atom. The van der Waals surface area contributed by atoms with Gasteiger partial charge in [-0.3, -0.25) is 0 Å². The fourth-order valence-electron chi connectivity index (χ4n) is 1.77. The molecule has 0 amide bonds. The summed E-state index contributed by atoms with van der Waals surface area (Å²) in [5, 5.41) is 3.23. The lowest BCUT2D eigenvalue weighted by atomic mass is 9.96. The Hall–Kier alpha value is -0.540. The largest absolute Gasteiger partial charge is 0.490 e. The second kappa shape index (κ2) is 5.19. The fourth-order valence-corrected chi connectivity index (χ4v) is 2.47. The molecule has 0 saturated heterocycles. The lowest BCUT2D eigenvalue weighted by Gasteiger charge is -2.26. The van der Waals surface area contributed by atoms with E-state index in [1.807, 2.05) is 7.05 Å². The molecule has 1 aromatic rings. The molecule has 0 bridgehead atoms. The first-order chi connectivity index (χ1) is 7.70. The Bertz CT molecular complexity index is 363. The summed E-state index contributed by atoms with van der Waals surface area (Å²) in [5.41, 5.74) is 1.27. The van der Waals surface area contributed by atoms with Gasteiger partial charge in [0.15, 0.2) is 0 Å². The average molecular weight is 284 g/mol. The highest BCUT2D eigenvalue weighted by Crippen LogP contribution is 2.30. The molecular formula is C13H18BrNO. The summed E-state index contributed by atoms with van der Waals surface area (Å²) < 4.78 is 6.97. The van der Waals surface area contributed by atoms with Gasteiger partial charge in [0.2, 0.25) is 0 Å². The molecule has 1 aliphatic carbocycles. The summed E-state index contributed by atoms with van der Waals surface area (Å²) in [6, 6.07) is 6.61. The quantitative estimate of drug-likeness (QED) is 0.911. The van der Waals surface area contributed by atoms with Crippen molar-refractivity contribution in [3.05, 3.63) is 28.2 Å². The maximum absolute atomic E-state index is 5.85. The molecular weight excluding hydrogens is 266 g/mol. The van der Waals surface area contributed by atoms with E-state index in [-0.39, 0.29) is 0 Å². The molecule has 1 aliphatic rings. The Morgan fingerprint density at radius 1 is 1.44 bits per heavy atom. The van der Waals surface area contributed by atoms with E-state index in [1.54, 1.807) is 0 Å². The first kappa shape index (κ1) is 11.9. The van der Waals surface area contributed by atoms with Gasteiger partial charge in [-0.15, -0.1) is 0 Å². The molecule has 3 heteroatoms. The highest BCUT2D eigenvalue weighted by molar-refractivity contribution is 9.10. The van der Waals surface area contributed by atoms with Crippen LogP contribution in [0.25, 0.3) is 0 Å². The summed E-state index contributed by atoms with van der Waals surface area (Å²) in [4.78, 5) is 0. The lowest BCUT2D eigenvalue weighted by molar-refractivity contribution is 0.120. The minimum Gasteiger partial charge on any atom is -0.490 e. The molecule has 0 radical (unpaired) electrons. The molecule has 1 unspecified atom stereocenters. The summed E-state index contributed by atoms with van der Waals surface area (Å²) in [6.45, 7) is 2.15. The van der Waals surface area contributed by atoms with E-state index in [0.29, 0.717) is 12.1 Å². The Labute approximate surface area is 106 Å². The van der Waals surface area contributed by atoms with Crippen LogP contribution in [-0.2, 0) is 0 Å². The van der Waals surface area contributed by atoms with Crippen LogP contribution in [0.5, 0.6) is 5.75 Å². The monoisotopic (exact) mass is 283 g/mol. The molecule has 0 heterocycles. The molecule has 1 aromatic carbocycles. The number of benzene rings is 1. The van der Waals surface area contributed by atoms with Crippen LogP contribution in [0, 0.1) is 0 Å². The normalized spacial score (nSPS) is 17.9. The van der Waals surface area contributed by atoms with E-state index in [4.69, 9.17) is 4.74 Å². The third-order valence-electron chi connectivity index (χ3n) is 3.23. The van der Waals surface area contributed by atoms with E-state index >= 15 is 0 Å². The number of hydrogen-bond acceptors (Lipinski definition) is 2. The van der Waals surface area contributed by atoms with Crippen LogP contribution >= 0.6 is 15.9 Å². The van der Waals surface area contributed by atoms with Crippen LogP contribution in [-0.4, -0.2) is 13.2 Å². The van der Waals surface area contributed by atoms with Crippen LogP contribution in [0.1, 0.15) is 37.8 Å². The average Bonchev–Trinajstić information content (AvgIpc) is 2.23. The second-order valence-corrected chi connectivity index (χ2v) is 5.22. The van der Waals surface area contributed by atoms with Crippen molar-refractivity contribution in [3.8, 4) is 5.75 Å². The zero-order valence-electron chi connectivity index (χ0n) is 9.79. The molecule has 1 fully saturated rings. The molecule has 2 rings (SSSR count). The van der Waals surface area contributed by atoms with Crippen molar-refractivity contribution in [1.29, 1.82) is 0 Å². The lowest BCUT2D eigenvalue weighted by Crippen LogP contribution is -2.24. The third kappa shape index (κ3) is 2.58. The SMILES string of the molecule is CNC(C)c1ccc(OC2CCC2)cc1Br. The van der Waals surface area contributed by atoms with Gasteiger partial charge >= 0.3 is 0 Å².